The fourth-order valence-electron chi connectivity index (χ4n) is 8.73. The molecule has 0 fully saturated rings. The van der Waals surface area contributed by atoms with E-state index in [9.17, 15) is 0 Å². The summed E-state index contributed by atoms with van der Waals surface area (Å²) in [6.07, 6.45) is 0. The minimum Gasteiger partial charge on any atom is -0.455 e. The molecule has 2 aliphatic rings. The Balaban J connectivity index is 1.29. The molecule has 1 atom stereocenters. The van der Waals surface area contributed by atoms with Crippen LogP contribution < -0.4 is 0 Å². The van der Waals surface area contributed by atoms with E-state index in [1.807, 2.05) is 0 Å². The minimum absolute atomic E-state index is 0.459. The number of fused-ring (bicyclic) bond motifs is 17. The summed E-state index contributed by atoms with van der Waals surface area (Å²) in [6.45, 7) is 0. The molecule has 2 heterocycles. The van der Waals surface area contributed by atoms with Crippen LogP contribution in [0.4, 0.5) is 0 Å². The van der Waals surface area contributed by atoms with E-state index >= 15 is 0 Å². The van der Waals surface area contributed by atoms with Crippen molar-refractivity contribution in [2.75, 3.05) is 0 Å². The summed E-state index contributed by atoms with van der Waals surface area (Å²) < 4.78 is 9.14. The van der Waals surface area contributed by atoms with Crippen molar-refractivity contribution in [1.29, 1.82) is 0 Å². The molecule has 208 valence electrons. The zero-order chi connectivity index (χ0) is 29.3. The predicted molar refractivity (Wildman–Crippen MR) is 184 cm³/mol. The number of furan rings is 1. The van der Waals surface area contributed by atoms with Crippen molar-refractivity contribution in [3.8, 4) is 27.9 Å². The first-order valence-corrected chi connectivity index (χ1v) is 15.6. The maximum Gasteiger partial charge on any atom is 0.143 e. The Labute approximate surface area is 259 Å². The SMILES string of the molecule is c1ccc2c(c1)-c1ccc(-n3c4ccccc4c4ccccc43)cc1C21c2ccccc2-c2c1ccc1c2oc2ccccc21. The molecule has 0 amide bonds. The Morgan fingerprint density at radius 3 is 1.80 bits per heavy atom. The number of rotatable bonds is 1. The van der Waals surface area contributed by atoms with E-state index in [1.54, 1.807) is 0 Å². The molecule has 0 N–H and O–H groups in total. The molecule has 9 aromatic rings. The lowest BCUT2D eigenvalue weighted by Crippen LogP contribution is -2.26. The standard InChI is InChI=1S/C43H25NO/c1-6-16-34-27(11-1)28-22-21-26(44-38-18-8-3-12-29(38)30-13-4-9-19-39(30)44)25-37(28)43(34)35-17-7-2-15-33(35)41-36(43)24-23-32-31-14-5-10-20-40(31)45-42(32)41/h1-25H. The molecule has 2 heteroatoms. The number of nitrogens with zero attached hydrogens (tertiary/aromatic N) is 1. The zero-order valence-electron chi connectivity index (χ0n) is 24.3. The van der Waals surface area contributed by atoms with Crippen LogP contribution in [-0.4, -0.2) is 4.57 Å². The van der Waals surface area contributed by atoms with Crippen molar-refractivity contribution in [2.24, 2.45) is 0 Å². The van der Waals surface area contributed by atoms with Crippen LogP contribution in [0.25, 0.3) is 71.7 Å². The van der Waals surface area contributed by atoms with Gasteiger partial charge in [-0.15, -0.1) is 0 Å². The normalized spacial score (nSPS) is 16.1. The molecule has 2 nitrogen and oxygen atoms in total. The molecule has 0 saturated carbocycles. The first kappa shape index (κ1) is 23.6. The number of hydrogen-bond acceptors (Lipinski definition) is 1. The van der Waals surface area contributed by atoms with Crippen LogP contribution in [0.1, 0.15) is 22.3 Å². The van der Waals surface area contributed by atoms with Gasteiger partial charge in [-0.25, -0.2) is 0 Å². The van der Waals surface area contributed by atoms with Gasteiger partial charge in [-0.3, -0.25) is 0 Å². The Bertz CT molecular complexity index is 2670. The van der Waals surface area contributed by atoms with Crippen molar-refractivity contribution < 1.29 is 4.42 Å². The minimum atomic E-state index is -0.459. The highest BCUT2D eigenvalue weighted by Gasteiger charge is 2.52. The van der Waals surface area contributed by atoms with Gasteiger partial charge in [0.15, 0.2) is 0 Å². The largest absolute Gasteiger partial charge is 0.455 e. The smallest absolute Gasteiger partial charge is 0.143 e. The molecule has 11 rings (SSSR count). The quantitative estimate of drug-likeness (QED) is 0.192. The van der Waals surface area contributed by atoms with E-state index in [2.05, 4.69) is 156 Å². The van der Waals surface area contributed by atoms with Crippen LogP contribution in [0.5, 0.6) is 0 Å². The van der Waals surface area contributed by atoms with Crippen molar-refractivity contribution >= 4 is 43.7 Å². The summed E-state index contributed by atoms with van der Waals surface area (Å²) in [5, 5.41) is 4.88. The lowest BCUT2D eigenvalue weighted by atomic mass is 9.70. The maximum absolute atomic E-state index is 6.71. The van der Waals surface area contributed by atoms with E-state index in [1.165, 1.54) is 77.4 Å². The zero-order valence-corrected chi connectivity index (χ0v) is 24.3. The summed E-state index contributed by atoms with van der Waals surface area (Å²) in [5.41, 5.74) is 15.4. The van der Waals surface area contributed by atoms with Gasteiger partial charge in [-0.2, -0.15) is 0 Å². The molecule has 7 aromatic carbocycles. The molecule has 2 aliphatic carbocycles. The fourth-order valence-corrected chi connectivity index (χ4v) is 8.73. The first-order chi connectivity index (χ1) is 22.3. The summed E-state index contributed by atoms with van der Waals surface area (Å²) >= 11 is 0. The lowest BCUT2D eigenvalue weighted by molar-refractivity contribution is 0.669. The number of benzene rings is 7. The van der Waals surface area contributed by atoms with Crippen molar-refractivity contribution in [3.63, 3.8) is 0 Å². The van der Waals surface area contributed by atoms with Gasteiger partial charge in [-0.1, -0.05) is 121 Å². The monoisotopic (exact) mass is 571 g/mol. The average molecular weight is 572 g/mol. The van der Waals surface area contributed by atoms with Crippen molar-refractivity contribution in [3.05, 3.63) is 174 Å². The number of para-hydroxylation sites is 3. The second-order valence-corrected chi connectivity index (χ2v) is 12.4. The maximum atomic E-state index is 6.71. The average Bonchev–Trinajstić information content (AvgIpc) is 3.81. The highest BCUT2D eigenvalue weighted by Crippen LogP contribution is 2.64. The van der Waals surface area contributed by atoms with E-state index < -0.39 is 5.41 Å². The van der Waals surface area contributed by atoms with E-state index in [0.717, 1.165) is 16.6 Å². The molecule has 0 radical (unpaired) electrons. The van der Waals surface area contributed by atoms with E-state index in [0.29, 0.717) is 0 Å². The molecule has 0 saturated heterocycles. The third kappa shape index (κ3) is 2.73. The van der Waals surface area contributed by atoms with Gasteiger partial charge in [0.1, 0.15) is 11.2 Å². The Morgan fingerprint density at radius 1 is 0.422 bits per heavy atom. The van der Waals surface area contributed by atoms with Crippen LogP contribution in [0, 0.1) is 0 Å². The molecule has 1 unspecified atom stereocenters. The third-order valence-electron chi connectivity index (χ3n) is 10.4. The van der Waals surface area contributed by atoms with Crippen LogP contribution >= 0.6 is 0 Å². The van der Waals surface area contributed by atoms with Gasteiger partial charge < -0.3 is 8.98 Å². The fraction of sp³-hybridized carbons (Fsp3) is 0.0233. The van der Waals surface area contributed by atoms with Gasteiger partial charge in [0, 0.05) is 32.8 Å². The molecular formula is C43H25NO. The highest BCUT2D eigenvalue weighted by atomic mass is 16.3. The van der Waals surface area contributed by atoms with Crippen LogP contribution in [0.2, 0.25) is 0 Å². The Hall–Kier alpha value is -5.86. The molecule has 45 heavy (non-hydrogen) atoms. The van der Waals surface area contributed by atoms with Gasteiger partial charge in [0.2, 0.25) is 0 Å². The second-order valence-electron chi connectivity index (χ2n) is 12.4. The van der Waals surface area contributed by atoms with Gasteiger partial charge in [0.25, 0.3) is 0 Å². The van der Waals surface area contributed by atoms with E-state index in [4.69, 9.17) is 4.42 Å². The van der Waals surface area contributed by atoms with Crippen molar-refractivity contribution in [2.45, 2.75) is 5.41 Å². The van der Waals surface area contributed by atoms with Gasteiger partial charge in [-0.05, 0) is 69.3 Å². The van der Waals surface area contributed by atoms with Crippen molar-refractivity contribution in [1.82, 2.24) is 4.57 Å². The topological polar surface area (TPSA) is 18.1 Å². The van der Waals surface area contributed by atoms with Crippen LogP contribution in [0.15, 0.2) is 156 Å². The summed E-state index contributed by atoms with van der Waals surface area (Å²) in [4.78, 5) is 0. The van der Waals surface area contributed by atoms with Crippen LogP contribution in [-0.2, 0) is 5.41 Å². The first-order valence-electron chi connectivity index (χ1n) is 15.6. The van der Waals surface area contributed by atoms with Gasteiger partial charge >= 0.3 is 0 Å². The molecule has 0 bridgehead atoms. The number of aromatic nitrogens is 1. The molecule has 1 spiro atoms. The van der Waals surface area contributed by atoms with E-state index in [-0.39, 0.29) is 0 Å². The molecule has 2 aromatic heterocycles. The van der Waals surface area contributed by atoms with Gasteiger partial charge in [0.05, 0.1) is 16.4 Å². The summed E-state index contributed by atoms with van der Waals surface area (Å²) in [5.74, 6) is 0. The predicted octanol–water partition coefficient (Wildman–Crippen LogP) is 11.0. The highest BCUT2D eigenvalue weighted by molar-refractivity contribution is 6.13. The molecular weight excluding hydrogens is 546 g/mol. The lowest BCUT2D eigenvalue weighted by Gasteiger charge is -2.30. The molecule has 0 aliphatic heterocycles. The second kappa shape index (κ2) is 8.19. The number of hydrogen-bond donors (Lipinski definition) is 0. The summed E-state index contributed by atoms with van der Waals surface area (Å²) in [7, 11) is 0. The Kier molecular flexibility index (Phi) is 4.29. The van der Waals surface area contributed by atoms with Crippen LogP contribution in [0.3, 0.4) is 0 Å². The summed E-state index contributed by atoms with van der Waals surface area (Å²) in [6, 6.07) is 55.7. The Morgan fingerprint density at radius 2 is 1.02 bits per heavy atom. The third-order valence-corrected chi connectivity index (χ3v) is 10.4.